The minimum Gasteiger partial charge on any atom is -0.390 e. The summed E-state index contributed by atoms with van der Waals surface area (Å²) in [4.78, 5) is 12.5. The third-order valence-corrected chi connectivity index (χ3v) is 4.32. The van der Waals surface area contributed by atoms with Crippen molar-refractivity contribution in [3.05, 3.63) is 29.5 Å². The SMILES string of the molecule is OCc1cc2n(n1)CCN(c1ncc(F)c(N3CCOCC3)n1)C2. The molecule has 0 amide bonds. The van der Waals surface area contributed by atoms with Gasteiger partial charge in [-0.05, 0) is 6.07 Å². The molecular formula is C15H19FN6O2. The van der Waals surface area contributed by atoms with Gasteiger partial charge in [-0.1, -0.05) is 0 Å². The summed E-state index contributed by atoms with van der Waals surface area (Å²) in [5, 5.41) is 13.5. The van der Waals surface area contributed by atoms with Crippen molar-refractivity contribution in [2.45, 2.75) is 19.7 Å². The summed E-state index contributed by atoms with van der Waals surface area (Å²) in [6, 6.07) is 1.87. The summed E-state index contributed by atoms with van der Waals surface area (Å²) in [6.07, 6.45) is 1.23. The number of aliphatic hydroxyl groups excluding tert-OH is 1. The molecule has 4 rings (SSSR count). The molecule has 1 saturated heterocycles. The highest BCUT2D eigenvalue weighted by atomic mass is 19.1. The summed E-state index contributed by atoms with van der Waals surface area (Å²) >= 11 is 0. The Hall–Kier alpha value is -2.26. The summed E-state index contributed by atoms with van der Waals surface area (Å²) in [7, 11) is 0. The van der Waals surface area contributed by atoms with E-state index in [1.807, 2.05) is 20.5 Å². The van der Waals surface area contributed by atoms with Crippen LogP contribution in [0.5, 0.6) is 0 Å². The van der Waals surface area contributed by atoms with Gasteiger partial charge >= 0.3 is 0 Å². The van der Waals surface area contributed by atoms with Gasteiger partial charge in [-0.2, -0.15) is 10.1 Å². The van der Waals surface area contributed by atoms with Gasteiger partial charge in [0.05, 0.1) is 50.5 Å². The monoisotopic (exact) mass is 334 g/mol. The lowest BCUT2D eigenvalue weighted by Gasteiger charge is -2.30. The number of rotatable bonds is 3. The quantitative estimate of drug-likeness (QED) is 0.856. The number of hydrogen-bond donors (Lipinski definition) is 1. The van der Waals surface area contributed by atoms with Gasteiger partial charge in [-0.3, -0.25) is 4.68 Å². The average molecular weight is 334 g/mol. The normalized spacial score (nSPS) is 17.9. The number of aromatic nitrogens is 4. The molecule has 0 aromatic carbocycles. The average Bonchev–Trinajstić information content (AvgIpc) is 3.05. The van der Waals surface area contributed by atoms with Gasteiger partial charge in [0.25, 0.3) is 0 Å². The summed E-state index contributed by atoms with van der Waals surface area (Å²) in [5.41, 5.74) is 1.65. The number of morpholine rings is 1. The molecule has 24 heavy (non-hydrogen) atoms. The molecule has 0 bridgehead atoms. The van der Waals surface area contributed by atoms with Gasteiger partial charge in [0, 0.05) is 19.6 Å². The van der Waals surface area contributed by atoms with Crippen molar-refractivity contribution in [1.29, 1.82) is 0 Å². The number of fused-ring (bicyclic) bond motifs is 1. The van der Waals surface area contributed by atoms with Gasteiger partial charge < -0.3 is 19.6 Å². The molecule has 0 spiro atoms. The molecular weight excluding hydrogens is 315 g/mol. The third kappa shape index (κ3) is 2.80. The Bertz CT molecular complexity index is 731. The Morgan fingerprint density at radius 3 is 2.79 bits per heavy atom. The van der Waals surface area contributed by atoms with E-state index >= 15 is 0 Å². The second-order valence-corrected chi connectivity index (χ2v) is 5.87. The van der Waals surface area contributed by atoms with Gasteiger partial charge in [0.15, 0.2) is 11.6 Å². The van der Waals surface area contributed by atoms with E-state index in [9.17, 15) is 9.50 Å². The van der Waals surface area contributed by atoms with Gasteiger partial charge in [0.2, 0.25) is 5.95 Å². The molecule has 2 aliphatic heterocycles. The maximum absolute atomic E-state index is 14.1. The maximum atomic E-state index is 14.1. The van der Waals surface area contributed by atoms with Gasteiger partial charge in [-0.15, -0.1) is 0 Å². The second-order valence-electron chi connectivity index (χ2n) is 5.87. The fourth-order valence-corrected chi connectivity index (χ4v) is 3.07. The van der Waals surface area contributed by atoms with E-state index in [-0.39, 0.29) is 6.61 Å². The van der Waals surface area contributed by atoms with E-state index in [4.69, 9.17) is 4.74 Å². The second kappa shape index (κ2) is 6.33. The van der Waals surface area contributed by atoms with Crippen LogP contribution in [0.1, 0.15) is 11.4 Å². The van der Waals surface area contributed by atoms with Crippen molar-refractivity contribution in [2.24, 2.45) is 0 Å². The van der Waals surface area contributed by atoms with Crippen LogP contribution in [0, 0.1) is 5.82 Å². The number of aliphatic hydroxyl groups is 1. The van der Waals surface area contributed by atoms with Crippen molar-refractivity contribution in [3.63, 3.8) is 0 Å². The highest BCUT2D eigenvalue weighted by molar-refractivity contribution is 5.46. The first-order chi connectivity index (χ1) is 11.7. The molecule has 1 fully saturated rings. The third-order valence-electron chi connectivity index (χ3n) is 4.32. The zero-order valence-corrected chi connectivity index (χ0v) is 13.2. The topological polar surface area (TPSA) is 79.5 Å². The standard InChI is InChI=1S/C15H19FN6O2/c16-13-8-17-15(18-14(13)20-3-5-24-6-4-20)21-1-2-22-12(9-21)7-11(10-23)19-22/h7-8,23H,1-6,9-10H2. The van der Waals surface area contributed by atoms with Crippen molar-refractivity contribution in [3.8, 4) is 0 Å². The number of nitrogens with zero attached hydrogens (tertiary/aromatic N) is 6. The van der Waals surface area contributed by atoms with Gasteiger partial charge in [0.1, 0.15) is 0 Å². The summed E-state index contributed by atoms with van der Waals surface area (Å²) in [6.45, 7) is 4.28. The lowest BCUT2D eigenvalue weighted by Crippen LogP contribution is -2.38. The molecule has 0 aliphatic carbocycles. The molecule has 1 N–H and O–H groups in total. The summed E-state index contributed by atoms with van der Waals surface area (Å²) in [5.74, 6) is 0.430. The lowest BCUT2D eigenvalue weighted by atomic mass is 10.3. The van der Waals surface area contributed by atoms with Crippen LogP contribution in [0.3, 0.4) is 0 Å². The first-order valence-corrected chi connectivity index (χ1v) is 8.01. The van der Waals surface area contributed by atoms with E-state index in [1.54, 1.807) is 0 Å². The van der Waals surface area contributed by atoms with Crippen LogP contribution in [0.4, 0.5) is 16.2 Å². The van der Waals surface area contributed by atoms with Crippen LogP contribution in [-0.2, 0) is 24.4 Å². The minimum absolute atomic E-state index is 0.0752. The molecule has 0 radical (unpaired) electrons. The van der Waals surface area contributed by atoms with Crippen molar-refractivity contribution >= 4 is 11.8 Å². The lowest BCUT2D eigenvalue weighted by molar-refractivity contribution is 0.122. The molecule has 128 valence electrons. The Balaban J connectivity index is 1.58. The predicted octanol–water partition coefficient (Wildman–Crippen LogP) is 0.161. The van der Waals surface area contributed by atoms with Crippen LogP contribution in [-0.4, -0.2) is 57.7 Å². The van der Waals surface area contributed by atoms with E-state index in [1.165, 1.54) is 6.20 Å². The van der Waals surface area contributed by atoms with Gasteiger partial charge in [-0.25, -0.2) is 9.37 Å². The molecule has 0 saturated carbocycles. The number of hydrogen-bond acceptors (Lipinski definition) is 7. The van der Waals surface area contributed by atoms with E-state index < -0.39 is 5.82 Å². The zero-order valence-electron chi connectivity index (χ0n) is 13.2. The Kier molecular flexibility index (Phi) is 4.03. The van der Waals surface area contributed by atoms with Crippen LogP contribution < -0.4 is 9.80 Å². The molecule has 9 heteroatoms. The smallest absolute Gasteiger partial charge is 0.227 e. The first kappa shape index (κ1) is 15.3. The van der Waals surface area contributed by atoms with Crippen molar-refractivity contribution < 1.29 is 14.2 Å². The fraction of sp³-hybridized carbons (Fsp3) is 0.533. The van der Waals surface area contributed by atoms with Crippen molar-refractivity contribution in [1.82, 2.24) is 19.7 Å². The van der Waals surface area contributed by atoms with Crippen LogP contribution in [0.15, 0.2) is 12.3 Å². The van der Waals surface area contributed by atoms with Crippen LogP contribution >= 0.6 is 0 Å². The molecule has 0 unspecified atom stereocenters. The Morgan fingerprint density at radius 1 is 1.17 bits per heavy atom. The fourth-order valence-electron chi connectivity index (χ4n) is 3.07. The van der Waals surface area contributed by atoms with E-state index in [2.05, 4.69) is 15.1 Å². The van der Waals surface area contributed by atoms with E-state index in [0.29, 0.717) is 63.4 Å². The van der Waals surface area contributed by atoms with Crippen LogP contribution in [0.2, 0.25) is 0 Å². The Morgan fingerprint density at radius 2 is 2.00 bits per heavy atom. The molecule has 2 aromatic rings. The Labute approximate surface area is 138 Å². The largest absolute Gasteiger partial charge is 0.390 e. The molecule has 4 heterocycles. The van der Waals surface area contributed by atoms with E-state index in [0.717, 1.165) is 5.69 Å². The maximum Gasteiger partial charge on any atom is 0.227 e. The first-order valence-electron chi connectivity index (χ1n) is 8.01. The molecule has 2 aliphatic rings. The number of halogens is 1. The highest BCUT2D eigenvalue weighted by Gasteiger charge is 2.23. The zero-order chi connectivity index (χ0) is 16.5. The molecule has 0 atom stereocenters. The highest BCUT2D eigenvalue weighted by Crippen LogP contribution is 2.23. The minimum atomic E-state index is -0.412. The molecule has 2 aromatic heterocycles. The number of anilines is 2. The van der Waals surface area contributed by atoms with Crippen LogP contribution in [0.25, 0.3) is 0 Å². The molecule has 8 nitrogen and oxygen atoms in total. The number of ether oxygens (including phenoxy) is 1. The van der Waals surface area contributed by atoms with Crippen molar-refractivity contribution in [2.75, 3.05) is 42.6 Å². The summed E-state index contributed by atoms with van der Waals surface area (Å²) < 4.78 is 21.3. The predicted molar refractivity (Wildman–Crippen MR) is 84.2 cm³/mol.